The lowest BCUT2D eigenvalue weighted by atomic mass is 10.0. The minimum atomic E-state index is -0.911. The Balaban J connectivity index is 2.53. The van der Waals surface area contributed by atoms with E-state index in [1.807, 2.05) is 0 Å². The van der Waals surface area contributed by atoms with Gasteiger partial charge in [-0.1, -0.05) is 6.07 Å². The third-order valence-electron chi connectivity index (χ3n) is 2.22. The molecule has 0 fully saturated rings. The molecule has 17 heavy (non-hydrogen) atoms. The van der Waals surface area contributed by atoms with E-state index >= 15 is 0 Å². The van der Waals surface area contributed by atoms with Crippen LogP contribution in [0.1, 0.15) is 18.9 Å². The van der Waals surface area contributed by atoms with Crippen LogP contribution >= 0.6 is 0 Å². The number of carbonyl (C=O) groups is 1. The first-order valence-corrected chi connectivity index (χ1v) is 5.38. The Labute approximate surface area is 98.6 Å². The summed E-state index contributed by atoms with van der Waals surface area (Å²) >= 11 is 0. The van der Waals surface area contributed by atoms with Crippen LogP contribution in [0.5, 0.6) is 0 Å². The second kappa shape index (κ2) is 6.30. The molecule has 94 valence electrons. The minimum Gasteiger partial charge on any atom is -0.466 e. The minimum absolute atomic E-state index is 0.0623. The van der Waals surface area contributed by atoms with E-state index in [0.29, 0.717) is 18.6 Å². The lowest BCUT2D eigenvalue weighted by Crippen LogP contribution is -2.27. The smallest absolute Gasteiger partial charge is 0.307 e. The van der Waals surface area contributed by atoms with Crippen molar-refractivity contribution in [2.24, 2.45) is 5.73 Å². The Kier molecular flexibility index (Phi) is 5.03. The van der Waals surface area contributed by atoms with Gasteiger partial charge in [-0.15, -0.1) is 0 Å². The summed E-state index contributed by atoms with van der Waals surface area (Å²) in [6.45, 7) is 2.01. The van der Waals surface area contributed by atoms with Crippen LogP contribution in [0.3, 0.4) is 0 Å². The lowest BCUT2D eigenvalue weighted by Gasteiger charge is -2.10. The molecule has 0 amide bonds. The monoisotopic (exact) mass is 243 g/mol. The summed E-state index contributed by atoms with van der Waals surface area (Å²) in [6, 6.07) is 3.12. The highest BCUT2D eigenvalue weighted by Crippen LogP contribution is 2.11. The number of hydrogen-bond acceptors (Lipinski definition) is 3. The second-order valence-electron chi connectivity index (χ2n) is 3.72. The van der Waals surface area contributed by atoms with E-state index in [0.717, 1.165) is 12.1 Å². The molecule has 1 atom stereocenters. The standard InChI is InChI=1S/C12H15F2NO2/c1-2-17-12(16)7-9(15)5-8-3-4-10(13)11(14)6-8/h3-4,6,9H,2,5,7,15H2,1H3. The normalized spacial score (nSPS) is 12.2. The number of benzene rings is 1. The molecule has 2 N–H and O–H groups in total. The van der Waals surface area contributed by atoms with E-state index in [1.54, 1.807) is 6.92 Å². The molecule has 0 spiro atoms. The van der Waals surface area contributed by atoms with Gasteiger partial charge in [0.15, 0.2) is 11.6 Å². The van der Waals surface area contributed by atoms with Gasteiger partial charge in [0.2, 0.25) is 0 Å². The van der Waals surface area contributed by atoms with Gasteiger partial charge < -0.3 is 10.5 Å². The molecule has 0 aliphatic rings. The summed E-state index contributed by atoms with van der Waals surface area (Å²) in [6.07, 6.45) is 0.364. The summed E-state index contributed by atoms with van der Waals surface area (Å²) in [5, 5.41) is 0. The zero-order chi connectivity index (χ0) is 12.8. The largest absolute Gasteiger partial charge is 0.466 e. The Morgan fingerprint density at radius 1 is 1.41 bits per heavy atom. The van der Waals surface area contributed by atoms with Crippen LogP contribution in [0.15, 0.2) is 18.2 Å². The molecule has 0 aliphatic carbocycles. The maximum atomic E-state index is 12.9. The number of esters is 1. The van der Waals surface area contributed by atoms with Crippen LogP contribution in [-0.2, 0) is 16.0 Å². The van der Waals surface area contributed by atoms with Gasteiger partial charge >= 0.3 is 5.97 Å². The molecular formula is C12H15F2NO2. The lowest BCUT2D eigenvalue weighted by molar-refractivity contribution is -0.143. The van der Waals surface area contributed by atoms with Gasteiger partial charge in [0, 0.05) is 6.04 Å². The molecule has 0 heterocycles. The highest BCUT2D eigenvalue weighted by atomic mass is 19.2. The molecule has 1 aromatic carbocycles. The molecule has 0 saturated heterocycles. The molecule has 0 bridgehead atoms. The Bertz CT molecular complexity index is 396. The van der Waals surface area contributed by atoms with Crippen LogP contribution in [0.2, 0.25) is 0 Å². The number of carbonyl (C=O) groups excluding carboxylic acids is 1. The van der Waals surface area contributed by atoms with Gasteiger partial charge in [-0.3, -0.25) is 4.79 Å². The van der Waals surface area contributed by atoms with Crippen molar-refractivity contribution in [1.29, 1.82) is 0 Å². The van der Waals surface area contributed by atoms with Crippen molar-refractivity contribution >= 4 is 5.97 Å². The Hall–Kier alpha value is -1.49. The Morgan fingerprint density at radius 2 is 2.12 bits per heavy atom. The predicted octanol–water partition coefficient (Wildman–Crippen LogP) is 1.79. The number of hydrogen-bond donors (Lipinski definition) is 1. The summed E-state index contributed by atoms with van der Waals surface area (Å²) in [4.78, 5) is 11.1. The van der Waals surface area contributed by atoms with Gasteiger partial charge in [-0.2, -0.15) is 0 Å². The van der Waals surface area contributed by atoms with Crippen molar-refractivity contribution in [2.45, 2.75) is 25.8 Å². The van der Waals surface area contributed by atoms with Gasteiger partial charge in [0.25, 0.3) is 0 Å². The van der Waals surface area contributed by atoms with E-state index in [2.05, 4.69) is 0 Å². The van der Waals surface area contributed by atoms with Gasteiger partial charge in [-0.25, -0.2) is 8.78 Å². The average Bonchev–Trinajstić information content (AvgIpc) is 2.23. The fourth-order valence-corrected chi connectivity index (χ4v) is 1.48. The van der Waals surface area contributed by atoms with Crippen molar-refractivity contribution in [3.8, 4) is 0 Å². The van der Waals surface area contributed by atoms with Crippen LogP contribution in [-0.4, -0.2) is 18.6 Å². The SMILES string of the molecule is CCOC(=O)CC(N)Cc1ccc(F)c(F)c1. The van der Waals surface area contributed by atoms with Crippen LogP contribution in [0.4, 0.5) is 8.78 Å². The second-order valence-corrected chi connectivity index (χ2v) is 3.72. The molecule has 1 rings (SSSR count). The fourth-order valence-electron chi connectivity index (χ4n) is 1.48. The number of rotatable bonds is 5. The summed E-state index contributed by atoms with van der Waals surface area (Å²) in [5.74, 6) is -2.19. The third-order valence-corrected chi connectivity index (χ3v) is 2.22. The number of halogens is 2. The highest BCUT2D eigenvalue weighted by Gasteiger charge is 2.12. The highest BCUT2D eigenvalue weighted by molar-refractivity contribution is 5.70. The summed E-state index contributed by atoms with van der Waals surface area (Å²) < 4.78 is 30.3. The molecule has 5 heteroatoms. The fraction of sp³-hybridized carbons (Fsp3) is 0.417. The van der Waals surface area contributed by atoms with Crippen molar-refractivity contribution in [3.05, 3.63) is 35.4 Å². The molecule has 0 saturated carbocycles. The first-order valence-electron chi connectivity index (χ1n) is 5.38. The summed E-state index contributed by atoms with van der Waals surface area (Å²) in [5.41, 5.74) is 6.26. The predicted molar refractivity (Wildman–Crippen MR) is 59.3 cm³/mol. The van der Waals surface area contributed by atoms with Crippen LogP contribution in [0, 0.1) is 11.6 Å². The van der Waals surface area contributed by atoms with Crippen molar-refractivity contribution in [3.63, 3.8) is 0 Å². The van der Waals surface area contributed by atoms with Crippen molar-refractivity contribution < 1.29 is 18.3 Å². The molecule has 0 aromatic heterocycles. The third kappa shape index (κ3) is 4.48. The van der Waals surface area contributed by atoms with E-state index in [9.17, 15) is 13.6 Å². The van der Waals surface area contributed by atoms with Gasteiger partial charge in [0.1, 0.15) is 0 Å². The molecule has 0 aliphatic heterocycles. The van der Waals surface area contributed by atoms with Gasteiger partial charge in [-0.05, 0) is 31.0 Å². The number of ether oxygens (including phenoxy) is 1. The molecular weight excluding hydrogens is 228 g/mol. The van der Waals surface area contributed by atoms with Crippen LogP contribution < -0.4 is 5.73 Å². The van der Waals surface area contributed by atoms with Crippen LogP contribution in [0.25, 0.3) is 0 Å². The maximum absolute atomic E-state index is 12.9. The van der Waals surface area contributed by atoms with Crippen molar-refractivity contribution in [1.82, 2.24) is 0 Å². The molecule has 0 radical (unpaired) electrons. The number of nitrogens with two attached hydrogens (primary N) is 1. The van der Waals surface area contributed by atoms with E-state index < -0.39 is 17.7 Å². The van der Waals surface area contributed by atoms with E-state index in [1.165, 1.54) is 6.07 Å². The summed E-state index contributed by atoms with van der Waals surface area (Å²) in [7, 11) is 0. The zero-order valence-electron chi connectivity index (χ0n) is 9.58. The quantitative estimate of drug-likeness (QED) is 0.802. The first-order chi connectivity index (χ1) is 8.02. The van der Waals surface area contributed by atoms with E-state index in [4.69, 9.17) is 10.5 Å². The molecule has 1 aromatic rings. The molecule has 1 unspecified atom stereocenters. The zero-order valence-corrected chi connectivity index (χ0v) is 9.58. The maximum Gasteiger partial charge on any atom is 0.307 e. The average molecular weight is 243 g/mol. The van der Waals surface area contributed by atoms with Gasteiger partial charge in [0.05, 0.1) is 13.0 Å². The Morgan fingerprint density at radius 3 is 2.71 bits per heavy atom. The topological polar surface area (TPSA) is 52.3 Å². The molecule has 3 nitrogen and oxygen atoms in total. The first kappa shape index (κ1) is 13.6. The van der Waals surface area contributed by atoms with Crippen molar-refractivity contribution in [2.75, 3.05) is 6.61 Å². The van der Waals surface area contributed by atoms with E-state index in [-0.39, 0.29) is 12.4 Å².